The highest BCUT2D eigenvalue weighted by Gasteiger charge is 2.32. The van der Waals surface area contributed by atoms with Gasteiger partial charge in [0.05, 0.1) is 6.61 Å². The number of pyridine rings is 1. The standard InChI is InChI=1S/C27H21NO2S/c29-27-23-17-21(30-15-5-9-19-7-2-1-3-8-19)12-13-22(23)26(24-11-6-16-31-24)25(27)20-10-4-14-28-18-20/h1-4,6-8,10-14,16-18H,5,9,15H2. The average molecular weight is 424 g/mol. The number of carbonyl (C=O) groups is 1. The smallest absolute Gasteiger partial charge is 0.195 e. The van der Waals surface area contributed by atoms with E-state index in [1.807, 2.05) is 47.8 Å². The van der Waals surface area contributed by atoms with Gasteiger partial charge in [0.15, 0.2) is 5.78 Å². The molecule has 0 saturated heterocycles. The van der Waals surface area contributed by atoms with Crippen LogP contribution in [0.1, 0.15) is 38.3 Å². The molecule has 2 heterocycles. The Morgan fingerprint density at radius 2 is 1.77 bits per heavy atom. The number of nitrogens with zero attached hydrogens (tertiary/aromatic N) is 1. The number of hydrogen-bond acceptors (Lipinski definition) is 4. The molecule has 0 amide bonds. The molecule has 152 valence electrons. The Hall–Kier alpha value is -3.50. The fraction of sp³-hybridized carbons (Fsp3) is 0.111. The third kappa shape index (κ3) is 3.94. The first-order valence-corrected chi connectivity index (χ1v) is 11.2. The van der Waals surface area contributed by atoms with Gasteiger partial charge in [-0.3, -0.25) is 9.78 Å². The number of benzene rings is 2. The summed E-state index contributed by atoms with van der Waals surface area (Å²) in [7, 11) is 0. The number of allylic oxidation sites excluding steroid dienone is 1. The third-order valence-corrected chi connectivity index (χ3v) is 6.31. The van der Waals surface area contributed by atoms with Gasteiger partial charge >= 0.3 is 0 Å². The summed E-state index contributed by atoms with van der Waals surface area (Å²) in [6.07, 6.45) is 5.38. The molecule has 4 heteroatoms. The first-order chi connectivity index (χ1) is 15.3. The second-order valence-electron chi connectivity index (χ2n) is 7.44. The van der Waals surface area contributed by atoms with Crippen molar-refractivity contribution < 1.29 is 9.53 Å². The van der Waals surface area contributed by atoms with E-state index in [0.717, 1.165) is 40.2 Å². The summed E-state index contributed by atoms with van der Waals surface area (Å²) in [5, 5.41) is 2.04. The van der Waals surface area contributed by atoms with Crippen molar-refractivity contribution >= 4 is 28.3 Å². The number of Topliss-reactive ketones (excluding diaryl/α,β-unsaturated/α-hetero) is 1. The zero-order chi connectivity index (χ0) is 21.0. The van der Waals surface area contributed by atoms with E-state index in [0.29, 0.717) is 17.7 Å². The molecule has 0 radical (unpaired) electrons. The van der Waals surface area contributed by atoms with Gasteiger partial charge in [-0.2, -0.15) is 0 Å². The molecular formula is C27H21NO2S. The normalized spacial score (nSPS) is 12.8. The molecule has 0 unspecified atom stereocenters. The van der Waals surface area contributed by atoms with E-state index in [-0.39, 0.29) is 5.78 Å². The van der Waals surface area contributed by atoms with E-state index in [4.69, 9.17) is 4.74 Å². The Labute approximate surface area is 185 Å². The number of aryl methyl sites for hydroxylation is 1. The molecule has 2 aromatic heterocycles. The van der Waals surface area contributed by atoms with Crippen molar-refractivity contribution in [3.63, 3.8) is 0 Å². The van der Waals surface area contributed by atoms with Crippen LogP contribution in [0.15, 0.2) is 90.6 Å². The summed E-state index contributed by atoms with van der Waals surface area (Å²) in [5.74, 6) is 0.763. The first-order valence-electron chi connectivity index (χ1n) is 10.4. The average Bonchev–Trinajstić information content (AvgIpc) is 3.44. The number of rotatable bonds is 7. The quantitative estimate of drug-likeness (QED) is 0.327. The molecule has 2 aromatic carbocycles. The van der Waals surface area contributed by atoms with Crippen LogP contribution >= 0.6 is 11.3 Å². The number of hydrogen-bond donors (Lipinski definition) is 0. The molecule has 4 aromatic rings. The van der Waals surface area contributed by atoms with E-state index in [1.54, 1.807) is 23.7 Å². The van der Waals surface area contributed by atoms with Crippen molar-refractivity contribution in [2.24, 2.45) is 0 Å². The Bertz CT molecular complexity index is 1230. The van der Waals surface area contributed by atoms with Crippen LogP contribution in [0.2, 0.25) is 0 Å². The topological polar surface area (TPSA) is 39.2 Å². The number of carbonyl (C=O) groups excluding carboxylic acids is 1. The van der Waals surface area contributed by atoms with Crippen LogP contribution in [0.3, 0.4) is 0 Å². The minimum Gasteiger partial charge on any atom is -0.494 e. The molecule has 0 fully saturated rings. The van der Waals surface area contributed by atoms with Crippen LogP contribution < -0.4 is 4.74 Å². The van der Waals surface area contributed by atoms with Crippen molar-refractivity contribution in [1.82, 2.24) is 4.98 Å². The molecule has 0 saturated carbocycles. The predicted octanol–water partition coefficient (Wildman–Crippen LogP) is 6.31. The van der Waals surface area contributed by atoms with Gasteiger partial charge in [-0.05, 0) is 59.7 Å². The SMILES string of the molecule is O=C1C(c2cccnc2)=C(c2cccs2)c2ccc(OCCCc3ccccc3)cc21. The van der Waals surface area contributed by atoms with Gasteiger partial charge in [0.2, 0.25) is 0 Å². The molecule has 1 aliphatic carbocycles. The second-order valence-corrected chi connectivity index (χ2v) is 8.39. The number of ketones is 1. The summed E-state index contributed by atoms with van der Waals surface area (Å²) >= 11 is 1.64. The van der Waals surface area contributed by atoms with Crippen molar-refractivity contribution in [3.05, 3.63) is 118 Å². The highest BCUT2D eigenvalue weighted by molar-refractivity contribution is 7.11. The number of fused-ring (bicyclic) bond motifs is 1. The largest absolute Gasteiger partial charge is 0.494 e. The van der Waals surface area contributed by atoms with Gasteiger partial charge < -0.3 is 4.74 Å². The molecule has 5 rings (SSSR count). The van der Waals surface area contributed by atoms with Gasteiger partial charge in [0.1, 0.15) is 5.75 Å². The van der Waals surface area contributed by atoms with Crippen LogP contribution in [0.25, 0.3) is 11.1 Å². The maximum absolute atomic E-state index is 13.4. The minimum atomic E-state index is 0.0288. The molecule has 0 atom stereocenters. The highest BCUT2D eigenvalue weighted by atomic mass is 32.1. The van der Waals surface area contributed by atoms with Crippen LogP contribution in [0, 0.1) is 0 Å². The van der Waals surface area contributed by atoms with E-state index >= 15 is 0 Å². The Morgan fingerprint density at radius 1 is 0.871 bits per heavy atom. The molecule has 0 N–H and O–H groups in total. The van der Waals surface area contributed by atoms with E-state index in [2.05, 4.69) is 35.3 Å². The summed E-state index contributed by atoms with van der Waals surface area (Å²) in [6, 6.07) is 24.2. The van der Waals surface area contributed by atoms with Crippen molar-refractivity contribution in [3.8, 4) is 5.75 Å². The van der Waals surface area contributed by atoms with Gasteiger partial charge in [0, 0.05) is 39.5 Å². The lowest BCUT2D eigenvalue weighted by Crippen LogP contribution is -2.02. The molecule has 0 aliphatic heterocycles. The fourth-order valence-electron chi connectivity index (χ4n) is 3.98. The summed E-state index contributed by atoms with van der Waals surface area (Å²) in [4.78, 5) is 18.7. The van der Waals surface area contributed by atoms with Crippen LogP contribution in [-0.2, 0) is 6.42 Å². The molecule has 1 aliphatic rings. The number of aromatic nitrogens is 1. The van der Waals surface area contributed by atoms with Gasteiger partial charge in [-0.25, -0.2) is 0 Å². The third-order valence-electron chi connectivity index (χ3n) is 5.42. The van der Waals surface area contributed by atoms with Crippen LogP contribution in [-0.4, -0.2) is 17.4 Å². The zero-order valence-electron chi connectivity index (χ0n) is 17.0. The van der Waals surface area contributed by atoms with Crippen LogP contribution in [0.5, 0.6) is 5.75 Å². The van der Waals surface area contributed by atoms with Crippen LogP contribution in [0.4, 0.5) is 0 Å². The summed E-state index contributed by atoms with van der Waals surface area (Å²) in [6.45, 7) is 0.614. The van der Waals surface area contributed by atoms with E-state index in [1.165, 1.54) is 5.56 Å². The predicted molar refractivity (Wildman–Crippen MR) is 126 cm³/mol. The number of ether oxygens (including phenoxy) is 1. The van der Waals surface area contributed by atoms with Crippen molar-refractivity contribution in [1.29, 1.82) is 0 Å². The van der Waals surface area contributed by atoms with Gasteiger partial charge in [-0.15, -0.1) is 11.3 Å². The fourth-order valence-corrected chi connectivity index (χ4v) is 4.77. The molecule has 3 nitrogen and oxygen atoms in total. The first kappa shape index (κ1) is 19.5. The van der Waals surface area contributed by atoms with Crippen molar-refractivity contribution in [2.45, 2.75) is 12.8 Å². The summed E-state index contributed by atoms with van der Waals surface area (Å²) < 4.78 is 5.99. The molecule has 0 bridgehead atoms. The monoisotopic (exact) mass is 423 g/mol. The Morgan fingerprint density at radius 3 is 2.55 bits per heavy atom. The second kappa shape index (κ2) is 8.70. The zero-order valence-corrected chi connectivity index (χ0v) is 17.8. The van der Waals surface area contributed by atoms with E-state index < -0.39 is 0 Å². The lowest BCUT2D eigenvalue weighted by atomic mass is 10.0. The van der Waals surface area contributed by atoms with Gasteiger partial charge in [-0.1, -0.05) is 42.5 Å². The molecule has 0 spiro atoms. The maximum atomic E-state index is 13.4. The summed E-state index contributed by atoms with van der Waals surface area (Å²) in [5.41, 5.74) is 5.51. The molecule has 31 heavy (non-hydrogen) atoms. The Balaban J connectivity index is 1.39. The van der Waals surface area contributed by atoms with Crippen molar-refractivity contribution in [2.75, 3.05) is 6.61 Å². The number of thiophene rings is 1. The maximum Gasteiger partial charge on any atom is 0.195 e. The lowest BCUT2D eigenvalue weighted by Gasteiger charge is -2.09. The Kier molecular flexibility index (Phi) is 5.46. The molecular weight excluding hydrogens is 402 g/mol. The lowest BCUT2D eigenvalue weighted by molar-refractivity contribution is 0.105. The minimum absolute atomic E-state index is 0.0288. The highest BCUT2D eigenvalue weighted by Crippen LogP contribution is 2.44. The van der Waals surface area contributed by atoms with E-state index in [9.17, 15) is 4.79 Å². The van der Waals surface area contributed by atoms with Gasteiger partial charge in [0.25, 0.3) is 0 Å².